The predicted molar refractivity (Wildman–Crippen MR) is 96.0 cm³/mol. The molecule has 0 spiro atoms. The van der Waals surface area contributed by atoms with Crippen LogP contribution < -0.4 is 5.32 Å². The zero-order valence-corrected chi connectivity index (χ0v) is 14.0. The molecule has 4 heteroatoms. The summed E-state index contributed by atoms with van der Waals surface area (Å²) in [4.78, 5) is 17.0. The van der Waals surface area contributed by atoms with Gasteiger partial charge in [0.25, 0.3) is 5.91 Å². The minimum Gasteiger partial charge on any atom is -0.350 e. The van der Waals surface area contributed by atoms with E-state index in [2.05, 4.69) is 48.0 Å². The summed E-state index contributed by atoms with van der Waals surface area (Å²) < 4.78 is 2.17. The lowest BCUT2D eigenvalue weighted by Crippen LogP contribution is -2.24. The average Bonchev–Trinajstić information content (AvgIpc) is 2.84. The molecule has 24 heavy (non-hydrogen) atoms. The molecule has 0 unspecified atom stereocenters. The van der Waals surface area contributed by atoms with Crippen molar-refractivity contribution in [3.8, 4) is 11.4 Å². The third-order valence-corrected chi connectivity index (χ3v) is 4.49. The van der Waals surface area contributed by atoms with Crippen LogP contribution in [0.25, 0.3) is 22.4 Å². The van der Waals surface area contributed by atoms with E-state index < -0.39 is 0 Å². The van der Waals surface area contributed by atoms with Crippen molar-refractivity contribution in [2.24, 2.45) is 5.92 Å². The van der Waals surface area contributed by atoms with Gasteiger partial charge in [-0.05, 0) is 30.0 Å². The molecule has 0 saturated heterocycles. The number of amides is 1. The third-order valence-electron chi connectivity index (χ3n) is 4.49. The molecule has 4 rings (SSSR count). The Morgan fingerprint density at radius 2 is 1.96 bits per heavy atom. The Labute approximate surface area is 141 Å². The van der Waals surface area contributed by atoms with Crippen LogP contribution in [0.3, 0.4) is 0 Å². The maximum Gasteiger partial charge on any atom is 0.253 e. The monoisotopic (exact) mass is 319 g/mol. The smallest absolute Gasteiger partial charge is 0.253 e. The molecular weight excluding hydrogens is 298 g/mol. The summed E-state index contributed by atoms with van der Waals surface area (Å²) in [7, 11) is 0. The van der Waals surface area contributed by atoms with Crippen LogP contribution in [0.2, 0.25) is 0 Å². The first-order chi connectivity index (χ1) is 11.6. The van der Waals surface area contributed by atoms with Crippen LogP contribution in [0.4, 0.5) is 0 Å². The topological polar surface area (TPSA) is 46.9 Å². The lowest BCUT2D eigenvalue weighted by Gasteiger charge is -2.09. The maximum atomic E-state index is 12.2. The van der Waals surface area contributed by atoms with Crippen molar-refractivity contribution in [2.45, 2.75) is 26.8 Å². The minimum atomic E-state index is -0.0157. The van der Waals surface area contributed by atoms with E-state index in [9.17, 15) is 4.79 Å². The molecule has 0 radical (unpaired) electrons. The van der Waals surface area contributed by atoms with E-state index in [-0.39, 0.29) is 5.91 Å². The number of hydrogen-bond donors (Lipinski definition) is 1. The number of imidazole rings is 1. The summed E-state index contributed by atoms with van der Waals surface area (Å²) in [5.41, 5.74) is 4.97. The Balaban J connectivity index is 1.84. The van der Waals surface area contributed by atoms with Crippen LogP contribution in [-0.4, -0.2) is 22.0 Å². The molecule has 0 saturated carbocycles. The Morgan fingerprint density at radius 3 is 2.71 bits per heavy atom. The van der Waals surface area contributed by atoms with E-state index in [0.29, 0.717) is 18.0 Å². The van der Waals surface area contributed by atoms with Gasteiger partial charge in [0.1, 0.15) is 5.82 Å². The van der Waals surface area contributed by atoms with E-state index >= 15 is 0 Å². The number of nitrogens with one attached hydrogen (secondary N) is 1. The highest BCUT2D eigenvalue weighted by molar-refractivity contribution is 6.06. The van der Waals surface area contributed by atoms with Crippen LogP contribution >= 0.6 is 0 Å². The summed E-state index contributed by atoms with van der Waals surface area (Å²) in [5, 5.41) is 2.96. The molecule has 2 heterocycles. The van der Waals surface area contributed by atoms with Crippen LogP contribution in [0.5, 0.6) is 0 Å². The minimum absolute atomic E-state index is 0.0157. The zero-order chi connectivity index (χ0) is 16.7. The van der Waals surface area contributed by atoms with Gasteiger partial charge in [0.2, 0.25) is 0 Å². The predicted octanol–water partition coefficient (Wildman–Crippen LogP) is 3.65. The van der Waals surface area contributed by atoms with Gasteiger partial charge in [-0.1, -0.05) is 44.2 Å². The van der Waals surface area contributed by atoms with Gasteiger partial charge in [-0.2, -0.15) is 0 Å². The highest BCUT2D eigenvalue weighted by atomic mass is 16.1. The Bertz CT molecular complexity index is 907. The molecule has 1 N–H and O–H groups in total. The lowest BCUT2D eigenvalue weighted by molar-refractivity contribution is 0.0956. The molecule has 122 valence electrons. The first-order valence-electron chi connectivity index (χ1n) is 8.50. The van der Waals surface area contributed by atoms with Gasteiger partial charge < -0.3 is 9.88 Å². The standard InChI is InChI=1S/C20H21N3O/c1-13(2)12-14-6-8-15(9-7-14)19-22-17-5-3-4-16-18(17)23(19)11-10-21-20(16)24/h3-9,13H,10-12H2,1-2H3,(H,21,24). The second-order valence-electron chi connectivity index (χ2n) is 6.81. The van der Waals surface area contributed by atoms with E-state index in [1.54, 1.807) is 0 Å². The van der Waals surface area contributed by atoms with Crippen molar-refractivity contribution in [1.82, 2.24) is 14.9 Å². The fourth-order valence-corrected chi connectivity index (χ4v) is 3.44. The van der Waals surface area contributed by atoms with Crippen molar-refractivity contribution in [2.75, 3.05) is 6.54 Å². The summed E-state index contributed by atoms with van der Waals surface area (Å²) in [6, 6.07) is 14.4. The lowest BCUT2D eigenvalue weighted by atomic mass is 10.0. The maximum absolute atomic E-state index is 12.2. The average molecular weight is 319 g/mol. The molecule has 1 aliphatic rings. The molecule has 0 aliphatic carbocycles. The fraction of sp³-hybridized carbons (Fsp3) is 0.300. The molecule has 0 fully saturated rings. The van der Waals surface area contributed by atoms with Crippen molar-refractivity contribution in [1.29, 1.82) is 0 Å². The molecule has 0 bridgehead atoms. The van der Waals surface area contributed by atoms with Gasteiger partial charge in [-0.3, -0.25) is 4.79 Å². The van der Waals surface area contributed by atoms with E-state index in [1.165, 1.54) is 5.56 Å². The van der Waals surface area contributed by atoms with Crippen molar-refractivity contribution >= 4 is 16.9 Å². The molecule has 4 nitrogen and oxygen atoms in total. The van der Waals surface area contributed by atoms with Gasteiger partial charge in [0.05, 0.1) is 16.6 Å². The quantitative estimate of drug-likeness (QED) is 0.801. The number of para-hydroxylation sites is 1. The van der Waals surface area contributed by atoms with E-state index in [1.807, 2.05) is 18.2 Å². The summed E-state index contributed by atoms with van der Waals surface area (Å²) in [6.45, 7) is 5.82. The molecule has 1 aromatic heterocycles. The van der Waals surface area contributed by atoms with Crippen LogP contribution in [-0.2, 0) is 13.0 Å². The number of nitrogens with zero attached hydrogens (tertiary/aromatic N) is 2. The number of hydrogen-bond acceptors (Lipinski definition) is 2. The SMILES string of the molecule is CC(C)Cc1ccc(-c2nc3cccc4c3n2CCNC4=O)cc1. The highest BCUT2D eigenvalue weighted by Crippen LogP contribution is 2.28. The number of aromatic nitrogens is 2. The van der Waals surface area contributed by atoms with Crippen molar-refractivity contribution in [3.63, 3.8) is 0 Å². The number of carbonyl (C=O) groups is 1. The molecular formula is C20H21N3O. The molecule has 2 aromatic carbocycles. The van der Waals surface area contributed by atoms with Gasteiger partial charge in [-0.15, -0.1) is 0 Å². The van der Waals surface area contributed by atoms with E-state index in [0.717, 1.165) is 35.4 Å². The molecule has 3 aromatic rings. The number of carbonyl (C=O) groups excluding carboxylic acids is 1. The Kier molecular flexibility index (Phi) is 3.60. The summed E-state index contributed by atoms with van der Waals surface area (Å²) >= 11 is 0. The van der Waals surface area contributed by atoms with Gasteiger partial charge in [0, 0.05) is 18.7 Å². The zero-order valence-electron chi connectivity index (χ0n) is 14.0. The molecule has 1 aliphatic heterocycles. The Morgan fingerprint density at radius 1 is 1.17 bits per heavy atom. The van der Waals surface area contributed by atoms with Crippen LogP contribution in [0.15, 0.2) is 42.5 Å². The fourth-order valence-electron chi connectivity index (χ4n) is 3.44. The van der Waals surface area contributed by atoms with Crippen molar-refractivity contribution < 1.29 is 4.79 Å². The second-order valence-corrected chi connectivity index (χ2v) is 6.81. The molecule has 0 atom stereocenters. The van der Waals surface area contributed by atoms with E-state index in [4.69, 9.17) is 4.98 Å². The van der Waals surface area contributed by atoms with Gasteiger partial charge in [0.15, 0.2) is 0 Å². The number of rotatable bonds is 3. The largest absolute Gasteiger partial charge is 0.350 e. The highest BCUT2D eigenvalue weighted by Gasteiger charge is 2.21. The van der Waals surface area contributed by atoms with Crippen molar-refractivity contribution in [3.05, 3.63) is 53.6 Å². The van der Waals surface area contributed by atoms with Crippen LogP contribution in [0.1, 0.15) is 29.8 Å². The molecule has 1 amide bonds. The first kappa shape index (κ1) is 14.9. The first-order valence-corrected chi connectivity index (χ1v) is 8.50. The number of benzene rings is 2. The Hall–Kier alpha value is -2.62. The summed E-state index contributed by atoms with van der Waals surface area (Å²) in [6.07, 6.45) is 1.08. The van der Waals surface area contributed by atoms with Gasteiger partial charge >= 0.3 is 0 Å². The second kappa shape index (κ2) is 5.78. The summed E-state index contributed by atoms with van der Waals surface area (Å²) in [5.74, 6) is 1.57. The van der Waals surface area contributed by atoms with Crippen LogP contribution in [0, 0.1) is 5.92 Å². The normalized spacial score (nSPS) is 14.0. The third kappa shape index (κ3) is 2.48. The van der Waals surface area contributed by atoms with Gasteiger partial charge in [-0.25, -0.2) is 4.98 Å².